The maximum Gasteiger partial charge on any atom is 0.315 e. The van der Waals surface area contributed by atoms with E-state index in [9.17, 15) is 9.59 Å². The van der Waals surface area contributed by atoms with Crippen LogP contribution in [0.1, 0.15) is 56.1 Å². The van der Waals surface area contributed by atoms with Crippen molar-refractivity contribution in [3.8, 4) is 11.5 Å². The van der Waals surface area contributed by atoms with Gasteiger partial charge in [0, 0.05) is 34.3 Å². The number of carbonyl (C=O) groups is 2. The van der Waals surface area contributed by atoms with Gasteiger partial charge in [-0.1, -0.05) is 36.7 Å². The Hall–Kier alpha value is -3.12. The summed E-state index contributed by atoms with van der Waals surface area (Å²) in [6, 6.07) is 13.1. The molecule has 0 fully saturated rings. The number of halogens is 1. The molecule has 0 radical (unpaired) electrons. The van der Waals surface area contributed by atoms with E-state index in [0.717, 1.165) is 23.2 Å². The number of methoxy groups -OCH3 is 2. The fourth-order valence-electron chi connectivity index (χ4n) is 5.06. The summed E-state index contributed by atoms with van der Waals surface area (Å²) in [6.45, 7) is 4.11. The summed E-state index contributed by atoms with van der Waals surface area (Å²) in [7, 11) is 3.19. The van der Waals surface area contributed by atoms with Crippen LogP contribution in [-0.4, -0.2) is 38.3 Å². The number of benzene rings is 2. The van der Waals surface area contributed by atoms with Crippen LogP contribution in [0.15, 0.2) is 58.7 Å². The molecular formula is C28H30ClNO5. The molecule has 1 heterocycles. The lowest BCUT2D eigenvalue weighted by Gasteiger charge is -2.36. The monoisotopic (exact) mass is 495 g/mol. The number of esters is 1. The largest absolute Gasteiger partial charge is 0.493 e. The lowest BCUT2D eigenvalue weighted by molar-refractivity contribution is -0.146. The number of hydrogen-bond donors (Lipinski definition) is 0. The smallest absolute Gasteiger partial charge is 0.315 e. The molecule has 1 aliphatic carbocycles. The van der Waals surface area contributed by atoms with Crippen LogP contribution in [0.4, 0.5) is 0 Å². The van der Waals surface area contributed by atoms with E-state index in [4.69, 9.17) is 30.8 Å². The minimum absolute atomic E-state index is 0.0134. The summed E-state index contributed by atoms with van der Waals surface area (Å²) in [4.78, 5) is 31.6. The van der Waals surface area contributed by atoms with Crippen molar-refractivity contribution in [2.45, 2.75) is 44.9 Å². The second kappa shape index (κ2) is 10.6. The van der Waals surface area contributed by atoms with E-state index in [2.05, 4.69) is 0 Å². The molecule has 0 bridgehead atoms. The molecule has 7 heteroatoms. The van der Waals surface area contributed by atoms with E-state index in [-0.39, 0.29) is 17.7 Å². The lowest BCUT2D eigenvalue weighted by Crippen LogP contribution is -2.38. The predicted octanol–water partition coefficient (Wildman–Crippen LogP) is 5.89. The number of carbonyl (C=O) groups excluding carboxylic acids is 2. The average Bonchev–Trinajstić information content (AvgIpc) is 2.85. The fraction of sp³-hybridized carbons (Fsp3) is 0.393. The third kappa shape index (κ3) is 4.98. The van der Waals surface area contributed by atoms with Crippen molar-refractivity contribution in [1.29, 1.82) is 0 Å². The molecule has 3 atom stereocenters. The number of ketones is 1. The average molecular weight is 496 g/mol. The standard InChI is InChI=1S/C28H30ClNO5/c1-5-11-35-28(32)25-16(2)30-21-13-19(17-9-10-23(33-3)24(15-17)34-4)14-22(31)27(21)26(25)18-7-6-8-20(29)12-18/h6-10,12,15,19,25-26H,5,11,13-14H2,1-4H3/t19-,25?,26-/m1/s1. The quantitative estimate of drug-likeness (QED) is 0.448. The maximum atomic E-state index is 13.7. The molecule has 2 aromatic carbocycles. The molecule has 6 nitrogen and oxygen atoms in total. The number of allylic oxidation sites excluding steroid dienone is 2. The predicted molar refractivity (Wildman–Crippen MR) is 136 cm³/mol. The zero-order valence-corrected chi connectivity index (χ0v) is 21.2. The molecule has 4 rings (SSSR count). The van der Waals surface area contributed by atoms with E-state index in [1.165, 1.54) is 0 Å². The van der Waals surface area contributed by atoms with Gasteiger partial charge in [-0.25, -0.2) is 0 Å². The van der Waals surface area contributed by atoms with Crippen molar-refractivity contribution in [2.75, 3.05) is 20.8 Å². The van der Waals surface area contributed by atoms with Crippen molar-refractivity contribution in [1.82, 2.24) is 0 Å². The summed E-state index contributed by atoms with van der Waals surface area (Å²) in [5.74, 6) is -0.318. The van der Waals surface area contributed by atoms with Crippen molar-refractivity contribution < 1.29 is 23.8 Å². The SMILES string of the molecule is CCCOC(=O)C1C(C)=NC2=C(C(=O)C[C@H](c3ccc(OC)c(OC)c3)C2)[C@@H]1c1cccc(Cl)c1. The second-order valence-electron chi connectivity index (χ2n) is 8.93. The van der Waals surface area contributed by atoms with Crippen LogP contribution in [-0.2, 0) is 14.3 Å². The summed E-state index contributed by atoms with van der Waals surface area (Å²) < 4.78 is 16.3. The minimum atomic E-state index is -0.666. The Labute approximate surface area is 210 Å². The fourth-order valence-corrected chi connectivity index (χ4v) is 5.26. The van der Waals surface area contributed by atoms with Crippen molar-refractivity contribution >= 4 is 29.1 Å². The van der Waals surface area contributed by atoms with Crippen LogP contribution < -0.4 is 9.47 Å². The Kier molecular flexibility index (Phi) is 7.60. The Morgan fingerprint density at radius 1 is 1.06 bits per heavy atom. The first-order valence-electron chi connectivity index (χ1n) is 11.8. The van der Waals surface area contributed by atoms with Crippen molar-refractivity contribution in [3.05, 3.63) is 69.9 Å². The van der Waals surface area contributed by atoms with Gasteiger partial charge in [-0.15, -0.1) is 0 Å². The molecule has 1 aliphatic heterocycles. The maximum absolute atomic E-state index is 13.7. The number of nitrogens with zero attached hydrogens (tertiary/aromatic N) is 1. The molecule has 1 unspecified atom stereocenters. The molecule has 2 aromatic rings. The van der Waals surface area contributed by atoms with Crippen molar-refractivity contribution in [3.63, 3.8) is 0 Å². The van der Waals surface area contributed by atoms with Gasteiger partial charge in [-0.2, -0.15) is 0 Å². The van der Waals surface area contributed by atoms with Gasteiger partial charge in [0.1, 0.15) is 5.92 Å². The number of hydrogen-bond acceptors (Lipinski definition) is 6. The number of aliphatic imine (C=N–C) groups is 1. The molecule has 2 aliphatic rings. The normalized spacial score (nSPS) is 21.8. The first-order valence-corrected chi connectivity index (χ1v) is 12.2. The second-order valence-corrected chi connectivity index (χ2v) is 9.37. The van der Waals surface area contributed by atoms with Gasteiger partial charge in [0.05, 0.1) is 20.8 Å². The van der Waals surface area contributed by atoms with Crippen molar-refractivity contribution in [2.24, 2.45) is 10.9 Å². The number of Topliss-reactive ketones (excluding diaryl/α,β-unsaturated/α-hetero) is 1. The molecule has 0 saturated heterocycles. The molecule has 35 heavy (non-hydrogen) atoms. The van der Waals surface area contributed by atoms with Gasteiger partial charge in [0.25, 0.3) is 0 Å². The highest BCUT2D eigenvalue weighted by atomic mass is 35.5. The first kappa shape index (κ1) is 25.0. The molecule has 184 valence electrons. The van der Waals surface area contributed by atoms with E-state index >= 15 is 0 Å². The van der Waals surface area contributed by atoms with Gasteiger partial charge >= 0.3 is 5.97 Å². The van der Waals surface area contributed by atoms with E-state index in [1.54, 1.807) is 20.3 Å². The number of ether oxygens (including phenoxy) is 3. The highest BCUT2D eigenvalue weighted by Crippen LogP contribution is 2.47. The number of rotatable bonds is 7. The molecular weight excluding hydrogens is 466 g/mol. The summed E-state index contributed by atoms with van der Waals surface area (Å²) in [6.07, 6.45) is 1.62. The molecule has 0 N–H and O–H groups in total. The van der Waals surface area contributed by atoms with E-state index in [1.807, 2.05) is 50.2 Å². The van der Waals surface area contributed by atoms with Crippen LogP contribution in [0.25, 0.3) is 0 Å². The topological polar surface area (TPSA) is 74.2 Å². The Morgan fingerprint density at radius 2 is 1.83 bits per heavy atom. The molecule has 0 amide bonds. The van der Waals surface area contributed by atoms with Crippen LogP contribution >= 0.6 is 11.6 Å². The Morgan fingerprint density at radius 3 is 2.51 bits per heavy atom. The van der Waals surface area contributed by atoms with Gasteiger partial charge in [0.2, 0.25) is 0 Å². The highest BCUT2D eigenvalue weighted by molar-refractivity contribution is 6.30. The Bertz CT molecular complexity index is 1200. The molecule has 0 aromatic heterocycles. The zero-order chi connectivity index (χ0) is 25.1. The third-order valence-corrected chi connectivity index (χ3v) is 6.91. The first-order chi connectivity index (χ1) is 16.9. The van der Waals surface area contributed by atoms with Crippen LogP contribution in [0, 0.1) is 5.92 Å². The third-order valence-electron chi connectivity index (χ3n) is 6.68. The molecule has 0 spiro atoms. The lowest BCUT2D eigenvalue weighted by atomic mass is 9.69. The van der Waals surface area contributed by atoms with Crippen LogP contribution in [0.2, 0.25) is 5.02 Å². The van der Waals surface area contributed by atoms with Crippen LogP contribution in [0.3, 0.4) is 0 Å². The summed E-state index contributed by atoms with van der Waals surface area (Å²) >= 11 is 6.31. The van der Waals surface area contributed by atoms with Gasteiger partial charge in [-0.3, -0.25) is 14.6 Å². The summed E-state index contributed by atoms with van der Waals surface area (Å²) in [5.41, 5.74) is 3.77. The van der Waals surface area contributed by atoms with E-state index in [0.29, 0.717) is 47.3 Å². The van der Waals surface area contributed by atoms with Gasteiger partial charge in [0.15, 0.2) is 17.3 Å². The van der Waals surface area contributed by atoms with Gasteiger partial charge in [-0.05, 0) is 61.1 Å². The van der Waals surface area contributed by atoms with E-state index < -0.39 is 11.8 Å². The zero-order valence-electron chi connectivity index (χ0n) is 20.5. The summed E-state index contributed by atoms with van der Waals surface area (Å²) in [5, 5.41) is 0.553. The Balaban J connectivity index is 1.76. The molecule has 0 saturated carbocycles. The minimum Gasteiger partial charge on any atom is -0.493 e. The highest BCUT2D eigenvalue weighted by Gasteiger charge is 2.44. The van der Waals surface area contributed by atoms with Crippen LogP contribution in [0.5, 0.6) is 11.5 Å². The van der Waals surface area contributed by atoms with Gasteiger partial charge < -0.3 is 14.2 Å².